The summed E-state index contributed by atoms with van der Waals surface area (Å²) in [5.41, 5.74) is 1.87. The van der Waals surface area contributed by atoms with Gasteiger partial charge in [0, 0.05) is 17.8 Å². The van der Waals surface area contributed by atoms with Crippen LogP contribution in [0.4, 0.5) is 0 Å². The van der Waals surface area contributed by atoms with Crippen molar-refractivity contribution in [3.8, 4) is 10.7 Å². The minimum absolute atomic E-state index is 0.854. The van der Waals surface area contributed by atoms with Crippen LogP contribution in [0.2, 0.25) is 0 Å². The molecule has 0 saturated heterocycles. The van der Waals surface area contributed by atoms with E-state index in [9.17, 15) is 0 Å². The van der Waals surface area contributed by atoms with E-state index in [0.717, 1.165) is 22.8 Å². The van der Waals surface area contributed by atoms with Gasteiger partial charge < -0.3 is 0 Å². The maximum Gasteiger partial charge on any atom is 0.143 e. The molecule has 0 bridgehead atoms. The molecule has 0 atom stereocenters. The van der Waals surface area contributed by atoms with Gasteiger partial charge in [-0.1, -0.05) is 6.92 Å². The van der Waals surface area contributed by atoms with Crippen LogP contribution in [-0.2, 0) is 6.42 Å². The summed E-state index contributed by atoms with van der Waals surface area (Å²) in [5.74, 6) is 0. The maximum absolute atomic E-state index is 4.28. The summed E-state index contributed by atoms with van der Waals surface area (Å²) in [6.07, 6.45) is 6.27. The van der Waals surface area contributed by atoms with Crippen molar-refractivity contribution in [2.45, 2.75) is 13.3 Å². The van der Waals surface area contributed by atoms with E-state index < -0.39 is 0 Å². The highest BCUT2D eigenvalue weighted by atomic mass is 32.1. The standard InChI is InChI=1S/C9H9N3S/c1-2-7-5-12-8(6-11-7)9-10-3-4-13-9/h3-6H,2H2,1H3. The molecule has 66 valence electrons. The van der Waals surface area contributed by atoms with Gasteiger partial charge in [-0.3, -0.25) is 9.97 Å². The molecule has 2 aromatic rings. The summed E-state index contributed by atoms with van der Waals surface area (Å²) in [6, 6.07) is 0. The zero-order valence-corrected chi connectivity index (χ0v) is 8.08. The number of hydrogen-bond donors (Lipinski definition) is 0. The summed E-state index contributed by atoms with van der Waals surface area (Å²) in [7, 11) is 0. The molecule has 0 N–H and O–H groups in total. The number of thiazole rings is 1. The van der Waals surface area contributed by atoms with E-state index in [-0.39, 0.29) is 0 Å². The number of aromatic nitrogens is 3. The topological polar surface area (TPSA) is 38.7 Å². The average molecular weight is 191 g/mol. The van der Waals surface area contributed by atoms with Crippen molar-refractivity contribution < 1.29 is 0 Å². The molecular formula is C9H9N3S. The minimum Gasteiger partial charge on any atom is -0.257 e. The molecule has 0 aliphatic carbocycles. The molecule has 0 radical (unpaired) electrons. The van der Waals surface area contributed by atoms with E-state index in [1.165, 1.54) is 0 Å². The smallest absolute Gasteiger partial charge is 0.143 e. The first-order chi connectivity index (χ1) is 6.40. The fourth-order valence-corrected chi connectivity index (χ4v) is 1.60. The van der Waals surface area contributed by atoms with Crippen LogP contribution in [0.25, 0.3) is 10.7 Å². The van der Waals surface area contributed by atoms with Crippen molar-refractivity contribution in [1.29, 1.82) is 0 Å². The first kappa shape index (κ1) is 8.31. The molecule has 0 aliphatic rings. The van der Waals surface area contributed by atoms with E-state index in [0.29, 0.717) is 0 Å². The molecule has 0 fully saturated rings. The van der Waals surface area contributed by atoms with Crippen molar-refractivity contribution in [2.24, 2.45) is 0 Å². The molecular weight excluding hydrogens is 182 g/mol. The van der Waals surface area contributed by atoms with Gasteiger partial charge in [-0.2, -0.15) is 0 Å². The van der Waals surface area contributed by atoms with Crippen LogP contribution in [0.15, 0.2) is 24.0 Å². The lowest BCUT2D eigenvalue weighted by molar-refractivity contribution is 1.00. The summed E-state index contributed by atoms with van der Waals surface area (Å²) in [4.78, 5) is 12.7. The molecule has 3 nitrogen and oxygen atoms in total. The van der Waals surface area contributed by atoms with E-state index in [1.807, 2.05) is 5.38 Å². The van der Waals surface area contributed by atoms with Crippen molar-refractivity contribution >= 4 is 11.3 Å². The van der Waals surface area contributed by atoms with Gasteiger partial charge in [0.1, 0.15) is 10.7 Å². The van der Waals surface area contributed by atoms with Gasteiger partial charge in [0.2, 0.25) is 0 Å². The molecule has 0 saturated carbocycles. The van der Waals surface area contributed by atoms with Gasteiger partial charge in [-0.05, 0) is 6.42 Å². The van der Waals surface area contributed by atoms with Crippen LogP contribution in [0, 0.1) is 0 Å². The highest BCUT2D eigenvalue weighted by molar-refractivity contribution is 7.13. The fourth-order valence-electron chi connectivity index (χ4n) is 0.998. The zero-order valence-electron chi connectivity index (χ0n) is 7.27. The largest absolute Gasteiger partial charge is 0.257 e. The van der Waals surface area contributed by atoms with Crippen LogP contribution < -0.4 is 0 Å². The van der Waals surface area contributed by atoms with Crippen LogP contribution in [0.3, 0.4) is 0 Å². The predicted octanol–water partition coefficient (Wildman–Crippen LogP) is 2.16. The van der Waals surface area contributed by atoms with Crippen LogP contribution in [-0.4, -0.2) is 15.0 Å². The van der Waals surface area contributed by atoms with Crippen LogP contribution >= 0.6 is 11.3 Å². The van der Waals surface area contributed by atoms with E-state index in [1.54, 1.807) is 29.9 Å². The second kappa shape index (κ2) is 3.62. The van der Waals surface area contributed by atoms with Crippen molar-refractivity contribution in [1.82, 2.24) is 15.0 Å². The van der Waals surface area contributed by atoms with Gasteiger partial charge in [0.15, 0.2) is 0 Å². The van der Waals surface area contributed by atoms with E-state index in [4.69, 9.17) is 0 Å². The van der Waals surface area contributed by atoms with Crippen molar-refractivity contribution in [3.63, 3.8) is 0 Å². The molecule has 0 spiro atoms. The lowest BCUT2D eigenvalue weighted by Gasteiger charge is -1.96. The van der Waals surface area contributed by atoms with Gasteiger partial charge in [-0.25, -0.2) is 4.98 Å². The highest BCUT2D eigenvalue weighted by Gasteiger charge is 2.01. The summed E-state index contributed by atoms with van der Waals surface area (Å²) in [5, 5.41) is 2.86. The average Bonchev–Trinajstić information content (AvgIpc) is 2.71. The second-order valence-corrected chi connectivity index (χ2v) is 3.48. The summed E-state index contributed by atoms with van der Waals surface area (Å²) in [6.45, 7) is 2.06. The first-order valence-electron chi connectivity index (χ1n) is 4.11. The first-order valence-corrected chi connectivity index (χ1v) is 4.99. The Bertz CT molecular complexity index is 366. The third-order valence-electron chi connectivity index (χ3n) is 1.72. The lowest BCUT2D eigenvalue weighted by Crippen LogP contribution is -1.90. The Morgan fingerprint density at radius 1 is 1.23 bits per heavy atom. The Morgan fingerprint density at radius 2 is 2.15 bits per heavy atom. The van der Waals surface area contributed by atoms with Crippen LogP contribution in [0.1, 0.15) is 12.6 Å². The molecule has 4 heteroatoms. The van der Waals surface area contributed by atoms with E-state index in [2.05, 4.69) is 21.9 Å². The molecule has 2 heterocycles. The molecule has 0 aromatic carbocycles. The van der Waals surface area contributed by atoms with Crippen molar-refractivity contribution in [2.75, 3.05) is 0 Å². The Morgan fingerprint density at radius 3 is 2.69 bits per heavy atom. The third-order valence-corrected chi connectivity index (χ3v) is 2.51. The Balaban J connectivity index is 2.33. The quantitative estimate of drug-likeness (QED) is 0.730. The summed E-state index contributed by atoms with van der Waals surface area (Å²) >= 11 is 1.58. The van der Waals surface area contributed by atoms with Crippen molar-refractivity contribution in [3.05, 3.63) is 29.7 Å². The lowest BCUT2D eigenvalue weighted by atomic mass is 10.3. The van der Waals surface area contributed by atoms with E-state index >= 15 is 0 Å². The highest BCUT2D eigenvalue weighted by Crippen LogP contribution is 2.17. The maximum atomic E-state index is 4.28. The Hall–Kier alpha value is -1.29. The predicted molar refractivity (Wildman–Crippen MR) is 52.5 cm³/mol. The number of nitrogens with zero attached hydrogens (tertiary/aromatic N) is 3. The Kier molecular flexibility index (Phi) is 2.31. The second-order valence-electron chi connectivity index (χ2n) is 2.58. The number of aryl methyl sites for hydroxylation is 1. The molecule has 0 amide bonds. The summed E-state index contributed by atoms with van der Waals surface area (Å²) < 4.78 is 0. The molecule has 0 aliphatic heterocycles. The number of rotatable bonds is 2. The molecule has 2 aromatic heterocycles. The van der Waals surface area contributed by atoms with Crippen LogP contribution in [0.5, 0.6) is 0 Å². The third kappa shape index (κ3) is 1.72. The normalized spacial score (nSPS) is 10.2. The SMILES string of the molecule is CCc1cnc(-c2nccs2)cn1. The fraction of sp³-hybridized carbons (Fsp3) is 0.222. The molecule has 2 rings (SSSR count). The molecule has 0 unspecified atom stereocenters. The molecule has 13 heavy (non-hydrogen) atoms. The minimum atomic E-state index is 0.854. The monoisotopic (exact) mass is 191 g/mol. The zero-order chi connectivity index (χ0) is 9.10. The number of hydrogen-bond acceptors (Lipinski definition) is 4. The van der Waals surface area contributed by atoms with Gasteiger partial charge in [-0.15, -0.1) is 11.3 Å². The van der Waals surface area contributed by atoms with Gasteiger partial charge in [0.05, 0.1) is 11.9 Å². The van der Waals surface area contributed by atoms with Gasteiger partial charge in [0.25, 0.3) is 0 Å². The van der Waals surface area contributed by atoms with Gasteiger partial charge >= 0.3 is 0 Å². The Labute approximate surface area is 80.5 Å².